The maximum Gasteiger partial charge on any atom is 0.332 e. The first kappa shape index (κ1) is 19.8. The SMILES string of the molecule is CCCn1c(=O)c2c(nc3n2CC(C(C)(C)C)=NN3CC(=O)OC)n(C)c1=O. The van der Waals surface area contributed by atoms with E-state index >= 15 is 0 Å². The number of hydrogen-bond donors (Lipinski definition) is 0. The van der Waals surface area contributed by atoms with Crippen molar-refractivity contribution in [2.24, 2.45) is 17.6 Å². The van der Waals surface area contributed by atoms with Gasteiger partial charge in [0.1, 0.15) is 6.54 Å². The van der Waals surface area contributed by atoms with Crippen molar-refractivity contribution in [1.82, 2.24) is 18.7 Å². The number of carbonyl (C=O) groups is 1. The van der Waals surface area contributed by atoms with E-state index in [1.807, 2.05) is 27.7 Å². The van der Waals surface area contributed by atoms with Crippen LogP contribution in [0.1, 0.15) is 34.1 Å². The van der Waals surface area contributed by atoms with E-state index in [1.54, 1.807) is 11.6 Å². The lowest BCUT2D eigenvalue weighted by molar-refractivity contribution is -0.139. The number of rotatable bonds is 4. The summed E-state index contributed by atoms with van der Waals surface area (Å²) in [5.41, 5.74) is 0.317. The van der Waals surface area contributed by atoms with Gasteiger partial charge in [-0.25, -0.2) is 9.80 Å². The van der Waals surface area contributed by atoms with Gasteiger partial charge in [-0.05, 0) is 6.42 Å². The van der Waals surface area contributed by atoms with Gasteiger partial charge in [0.15, 0.2) is 11.2 Å². The molecule has 3 heterocycles. The molecule has 3 rings (SSSR count). The summed E-state index contributed by atoms with van der Waals surface area (Å²) < 4.78 is 9.10. The zero-order valence-electron chi connectivity index (χ0n) is 17.1. The molecule has 28 heavy (non-hydrogen) atoms. The molecule has 0 saturated heterocycles. The van der Waals surface area contributed by atoms with E-state index in [4.69, 9.17) is 4.74 Å². The van der Waals surface area contributed by atoms with Crippen LogP contribution in [0.4, 0.5) is 5.95 Å². The Balaban J connectivity index is 2.31. The molecule has 1 aliphatic heterocycles. The average molecular weight is 390 g/mol. The van der Waals surface area contributed by atoms with Gasteiger partial charge in [0.2, 0.25) is 5.95 Å². The van der Waals surface area contributed by atoms with Crippen molar-refractivity contribution in [3.63, 3.8) is 0 Å². The van der Waals surface area contributed by atoms with E-state index in [-0.39, 0.29) is 23.2 Å². The maximum absolute atomic E-state index is 13.1. The molecule has 1 aliphatic rings. The molecule has 10 heteroatoms. The predicted octanol–water partition coefficient (Wildman–Crippen LogP) is 0.702. The number of carbonyl (C=O) groups excluding carboxylic acids is 1. The molecule has 2 aromatic rings. The summed E-state index contributed by atoms with van der Waals surface area (Å²) in [6.45, 7) is 8.48. The van der Waals surface area contributed by atoms with E-state index in [0.29, 0.717) is 31.0 Å². The summed E-state index contributed by atoms with van der Waals surface area (Å²) in [6, 6.07) is 0. The van der Waals surface area contributed by atoms with Crippen molar-refractivity contribution in [2.45, 2.75) is 47.2 Å². The highest BCUT2D eigenvalue weighted by molar-refractivity contribution is 5.93. The number of nitrogens with zero attached hydrogens (tertiary/aromatic N) is 6. The quantitative estimate of drug-likeness (QED) is 0.712. The number of hydrazone groups is 1. The third-order valence-corrected chi connectivity index (χ3v) is 4.81. The van der Waals surface area contributed by atoms with E-state index in [0.717, 1.165) is 5.71 Å². The standard InChI is InChI=1S/C18H26N6O4/c1-7-8-22-15(26)13-14(21(5)17(22)27)19-16-23(13)9-11(18(2,3)4)20-24(16)10-12(25)28-6/h7-10H2,1-6H3. The van der Waals surface area contributed by atoms with Crippen LogP contribution in [0.25, 0.3) is 11.2 Å². The van der Waals surface area contributed by atoms with Crippen LogP contribution in [0.5, 0.6) is 0 Å². The van der Waals surface area contributed by atoms with Gasteiger partial charge >= 0.3 is 11.7 Å². The first-order valence-corrected chi connectivity index (χ1v) is 9.22. The second-order valence-corrected chi connectivity index (χ2v) is 7.90. The van der Waals surface area contributed by atoms with Crippen LogP contribution < -0.4 is 16.3 Å². The van der Waals surface area contributed by atoms with Crippen LogP contribution >= 0.6 is 0 Å². The Kier molecular flexibility index (Phi) is 4.90. The highest BCUT2D eigenvalue weighted by Crippen LogP contribution is 2.28. The Bertz CT molecular complexity index is 1080. The minimum atomic E-state index is -0.477. The Morgan fingerprint density at radius 3 is 2.50 bits per heavy atom. The number of aryl methyl sites for hydroxylation is 1. The van der Waals surface area contributed by atoms with E-state index in [1.165, 1.54) is 21.3 Å². The lowest BCUT2D eigenvalue weighted by Gasteiger charge is -2.30. The number of imidazole rings is 1. The molecule has 152 valence electrons. The second kappa shape index (κ2) is 6.92. The van der Waals surface area contributed by atoms with Crippen molar-refractivity contribution in [1.29, 1.82) is 0 Å². The molecular formula is C18H26N6O4. The zero-order chi connectivity index (χ0) is 20.8. The van der Waals surface area contributed by atoms with Gasteiger partial charge in [-0.15, -0.1) is 0 Å². The van der Waals surface area contributed by atoms with Gasteiger partial charge in [-0.1, -0.05) is 27.7 Å². The lowest BCUT2D eigenvalue weighted by atomic mass is 9.89. The van der Waals surface area contributed by atoms with Crippen molar-refractivity contribution in [2.75, 3.05) is 18.7 Å². The van der Waals surface area contributed by atoms with Crippen molar-refractivity contribution >= 4 is 28.8 Å². The Labute approximate surface area is 162 Å². The van der Waals surface area contributed by atoms with Crippen LogP contribution in [0.15, 0.2) is 14.7 Å². The largest absolute Gasteiger partial charge is 0.468 e. The minimum absolute atomic E-state index is 0.142. The van der Waals surface area contributed by atoms with Crippen molar-refractivity contribution < 1.29 is 9.53 Å². The van der Waals surface area contributed by atoms with E-state index < -0.39 is 11.7 Å². The Hall–Kier alpha value is -2.91. The molecule has 0 amide bonds. The minimum Gasteiger partial charge on any atom is -0.468 e. The average Bonchev–Trinajstić information content (AvgIpc) is 3.02. The molecule has 0 atom stereocenters. The molecule has 0 saturated carbocycles. The normalized spacial score (nSPS) is 14.2. The molecule has 0 N–H and O–H groups in total. The van der Waals surface area contributed by atoms with Crippen molar-refractivity contribution in [3.05, 3.63) is 20.8 Å². The molecule has 2 aromatic heterocycles. The summed E-state index contributed by atoms with van der Waals surface area (Å²) in [7, 11) is 2.89. The number of aromatic nitrogens is 4. The first-order chi connectivity index (χ1) is 13.1. The van der Waals surface area contributed by atoms with Gasteiger partial charge in [0, 0.05) is 19.0 Å². The number of ether oxygens (including phenoxy) is 1. The van der Waals surface area contributed by atoms with Crippen molar-refractivity contribution in [3.8, 4) is 0 Å². The molecule has 0 radical (unpaired) electrons. The lowest BCUT2D eigenvalue weighted by Crippen LogP contribution is -2.41. The number of fused-ring (bicyclic) bond motifs is 3. The zero-order valence-corrected chi connectivity index (χ0v) is 17.1. The maximum atomic E-state index is 13.1. The fourth-order valence-corrected chi connectivity index (χ4v) is 3.18. The van der Waals surface area contributed by atoms with E-state index in [2.05, 4.69) is 10.1 Å². The predicted molar refractivity (Wildman–Crippen MR) is 106 cm³/mol. The Morgan fingerprint density at radius 2 is 1.93 bits per heavy atom. The van der Waals surface area contributed by atoms with Gasteiger partial charge in [0.25, 0.3) is 5.56 Å². The van der Waals surface area contributed by atoms with Crippen LogP contribution in [-0.2, 0) is 29.7 Å². The fraction of sp³-hybridized carbons (Fsp3) is 0.611. The summed E-state index contributed by atoms with van der Waals surface area (Å²) in [5, 5.41) is 6.02. The van der Waals surface area contributed by atoms with Gasteiger partial charge < -0.3 is 4.74 Å². The third kappa shape index (κ3) is 3.12. The van der Waals surface area contributed by atoms with Gasteiger partial charge in [0.05, 0.1) is 19.4 Å². The summed E-state index contributed by atoms with van der Waals surface area (Å²) >= 11 is 0. The molecule has 0 spiro atoms. The molecule has 0 unspecified atom stereocenters. The third-order valence-electron chi connectivity index (χ3n) is 4.81. The van der Waals surface area contributed by atoms with E-state index in [9.17, 15) is 14.4 Å². The number of hydrogen-bond acceptors (Lipinski definition) is 7. The summed E-state index contributed by atoms with van der Waals surface area (Å²) in [5.74, 6) is -0.135. The summed E-state index contributed by atoms with van der Waals surface area (Å²) in [4.78, 5) is 42.1. The van der Waals surface area contributed by atoms with Crippen LogP contribution in [-0.4, -0.2) is 44.0 Å². The monoisotopic (exact) mass is 390 g/mol. The second-order valence-electron chi connectivity index (χ2n) is 7.90. The van der Waals surface area contributed by atoms with Crippen LogP contribution in [0, 0.1) is 5.41 Å². The molecular weight excluding hydrogens is 364 g/mol. The highest BCUT2D eigenvalue weighted by Gasteiger charge is 2.32. The molecule has 0 aliphatic carbocycles. The topological polar surface area (TPSA) is 104 Å². The highest BCUT2D eigenvalue weighted by atomic mass is 16.5. The number of methoxy groups -OCH3 is 1. The first-order valence-electron chi connectivity index (χ1n) is 9.22. The molecule has 0 fully saturated rings. The fourth-order valence-electron chi connectivity index (χ4n) is 3.18. The number of anilines is 1. The Morgan fingerprint density at radius 1 is 1.25 bits per heavy atom. The van der Waals surface area contributed by atoms with Gasteiger partial charge in [-0.3, -0.25) is 23.3 Å². The molecule has 0 bridgehead atoms. The molecule has 10 nitrogen and oxygen atoms in total. The number of esters is 1. The molecule has 0 aromatic carbocycles. The smallest absolute Gasteiger partial charge is 0.332 e. The van der Waals surface area contributed by atoms with Crippen LogP contribution in [0.3, 0.4) is 0 Å². The van der Waals surface area contributed by atoms with Gasteiger partial charge in [-0.2, -0.15) is 10.1 Å². The summed E-state index contributed by atoms with van der Waals surface area (Å²) in [6.07, 6.45) is 0.658. The van der Waals surface area contributed by atoms with Crippen LogP contribution in [0.2, 0.25) is 0 Å².